The van der Waals surface area contributed by atoms with Crippen molar-refractivity contribution in [3.8, 4) is 29.5 Å². The van der Waals surface area contributed by atoms with Crippen molar-refractivity contribution in [1.29, 1.82) is 5.26 Å². The van der Waals surface area contributed by atoms with Crippen molar-refractivity contribution in [2.75, 3.05) is 20.1 Å². The van der Waals surface area contributed by atoms with Crippen molar-refractivity contribution in [3.05, 3.63) is 47.9 Å². The maximum atomic E-state index is 14.0. The third kappa shape index (κ3) is 6.24. The second kappa shape index (κ2) is 11.9. The number of ether oxygens (including phenoxy) is 2. The van der Waals surface area contributed by atoms with E-state index in [2.05, 4.69) is 31.5 Å². The minimum atomic E-state index is -0.882. The van der Waals surface area contributed by atoms with Crippen LogP contribution in [0.3, 0.4) is 0 Å². The highest BCUT2D eigenvalue weighted by Crippen LogP contribution is 2.32. The Morgan fingerprint density at radius 2 is 1.95 bits per heavy atom. The fraction of sp³-hybridized carbons (Fsp3) is 0.552. The molecule has 5 rings (SSSR count). The predicted molar refractivity (Wildman–Crippen MR) is 146 cm³/mol. The molecule has 0 aliphatic carbocycles. The van der Waals surface area contributed by atoms with Crippen molar-refractivity contribution >= 4 is 0 Å². The highest BCUT2D eigenvalue weighted by molar-refractivity contribution is 5.46. The van der Waals surface area contributed by atoms with E-state index in [4.69, 9.17) is 19.3 Å². The van der Waals surface area contributed by atoms with Crippen LogP contribution in [0.25, 0.3) is 11.6 Å². The van der Waals surface area contributed by atoms with Crippen LogP contribution < -0.4 is 14.8 Å². The number of rotatable bonds is 9. The van der Waals surface area contributed by atoms with Crippen LogP contribution in [0.15, 0.2) is 40.9 Å². The maximum Gasteiger partial charge on any atom is 0.240 e. The van der Waals surface area contributed by atoms with E-state index in [0.29, 0.717) is 43.5 Å². The van der Waals surface area contributed by atoms with Gasteiger partial charge in [-0.1, -0.05) is 35.5 Å². The van der Waals surface area contributed by atoms with Gasteiger partial charge in [-0.25, -0.2) is 4.39 Å². The largest absolute Gasteiger partial charge is 0.474 e. The number of likely N-dealkylation sites (N-methyl/N-ethyl adjacent to an activating group) is 1. The molecule has 10 nitrogen and oxygen atoms in total. The minimum absolute atomic E-state index is 0.0623. The molecule has 1 aromatic carbocycles. The third-order valence-corrected chi connectivity index (χ3v) is 7.81. The van der Waals surface area contributed by atoms with Gasteiger partial charge in [0.25, 0.3) is 0 Å². The van der Waals surface area contributed by atoms with E-state index in [1.54, 1.807) is 6.07 Å². The van der Waals surface area contributed by atoms with Gasteiger partial charge in [-0.05, 0) is 52.8 Å². The smallest absolute Gasteiger partial charge is 0.240 e. The summed E-state index contributed by atoms with van der Waals surface area (Å²) < 4.78 is 32.3. The van der Waals surface area contributed by atoms with Gasteiger partial charge in [0, 0.05) is 25.0 Å². The molecule has 0 saturated carbocycles. The molecule has 2 aliphatic heterocycles. The number of aromatic nitrogens is 4. The molecule has 2 saturated heterocycles. The van der Waals surface area contributed by atoms with Crippen LogP contribution >= 0.6 is 0 Å². The van der Waals surface area contributed by atoms with Crippen LogP contribution in [0, 0.1) is 11.3 Å². The van der Waals surface area contributed by atoms with Gasteiger partial charge in [0.2, 0.25) is 29.3 Å². The molecule has 4 heterocycles. The summed E-state index contributed by atoms with van der Waals surface area (Å²) in [6, 6.07) is 13.8. The van der Waals surface area contributed by atoms with Crippen LogP contribution in [0.4, 0.5) is 4.39 Å². The first-order valence-electron chi connectivity index (χ1n) is 13.8. The average Bonchev–Trinajstić information content (AvgIpc) is 3.56. The second-order valence-corrected chi connectivity index (χ2v) is 11.2. The van der Waals surface area contributed by atoms with Gasteiger partial charge in [-0.3, -0.25) is 4.90 Å². The van der Waals surface area contributed by atoms with Crippen molar-refractivity contribution in [2.24, 2.45) is 0 Å². The van der Waals surface area contributed by atoms with Crippen LogP contribution in [-0.4, -0.2) is 75.6 Å². The average molecular weight is 550 g/mol. The lowest BCUT2D eigenvalue weighted by atomic mass is 9.84. The summed E-state index contributed by atoms with van der Waals surface area (Å²) in [6.07, 6.45) is 0.938. The zero-order valence-corrected chi connectivity index (χ0v) is 23.4. The first-order valence-corrected chi connectivity index (χ1v) is 13.8. The fourth-order valence-electron chi connectivity index (χ4n) is 5.47. The third-order valence-electron chi connectivity index (χ3n) is 7.81. The Hall–Kier alpha value is -3.62. The van der Waals surface area contributed by atoms with E-state index >= 15 is 0 Å². The van der Waals surface area contributed by atoms with Gasteiger partial charge in [-0.2, -0.15) is 20.2 Å². The monoisotopic (exact) mass is 549 g/mol. The Kier molecular flexibility index (Phi) is 8.28. The van der Waals surface area contributed by atoms with E-state index in [1.807, 2.05) is 63.1 Å². The van der Waals surface area contributed by atoms with E-state index in [9.17, 15) is 4.39 Å². The normalized spacial score (nSPS) is 24.4. The summed E-state index contributed by atoms with van der Waals surface area (Å²) in [5.74, 6) is 1.48. The molecule has 0 bridgehead atoms. The Labute approximate surface area is 233 Å². The molecule has 212 valence electrons. The highest BCUT2D eigenvalue weighted by atomic mass is 19.1. The number of benzene rings is 1. The number of likely N-dealkylation sites (tertiary alicyclic amines) is 1. The SMILES string of the molecule is C[C@H](Oc1cc(O[C@H]2CCN[C@H](CC#N)C2)nc(-c2noc(C(C)(C)c3ccccc3)n2)n1)[C@@H]1C[C@@H](F)CN1C. The number of nitrogens with one attached hydrogen (secondary N) is 1. The first kappa shape index (κ1) is 27.9. The van der Waals surface area contributed by atoms with E-state index in [-0.39, 0.29) is 35.9 Å². The Bertz CT molecular complexity index is 1330. The topological polar surface area (TPSA) is 122 Å². The summed E-state index contributed by atoms with van der Waals surface area (Å²) in [7, 11) is 1.90. The predicted octanol–water partition coefficient (Wildman–Crippen LogP) is 4.08. The molecule has 5 atom stereocenters. The molecule has 2 aliphatic rings. The van der Waals surface area contributed by atoms with Gasteiger partial charge in [0.15, 0.2) is 0 Å². The number of alkyl halides is 1. The molecule has 2 fully saturated rings. The van der Waals surface area contributed by atoms with Crippen molar-refractivity contribution in [3.63, 3.8) is 0 Å². The number of halogens is 1. The van der Waals surface area contributed by atoms with Crippen molar-refractivity contribution in [1.82, 2.24) is 30.3 Å². The van der Waals surface area contributed by atoms with E-state index in [0.717, 1.165) is 18.5 Å². The molecule has 0 spiro atoms. The maximum absolute atomic E-state index is 14.0. The minimum Gasteiger partial charge on any atom is -0.474 e. The summed E-state index contributed by atoms with van der Waals surface area (Å²) in [5, 5.41) is 16.7. The second-order valence-electron chi connectivity index (χ2n) is 11.2. The molecular weight excluding hydrogens is 513 g/mol. The zero-order valence-electron chi connectivity index (χ0n) is 23.4. The van der Waals surface area contributed by atoms with Gasteiger partial charge in [0.1, 0.15) is 18.4 Å². The van der Waals surface area contributed by atoms with Crippen LogP contribution in [0.2, 0.25) is 0 Å². The summed E-state index contributed by atoms with van der Waals surface area (Å²) >= 11 is 0. The molecule has 0 unspecified atom stereocenters. The standard InChI is InChI=1S/C29H36FN7O3/c1-18(23-14-20(30)17-37(23)4)38-24-16-25(39-22-11-13-32-21(15-22)10-12-31)34-26(33-24)27-35-28(40-36-27)29(2,3)19-8-6-5-7-9-19/h5-9,16,18,20-23,32H,10-11,13-15,17H2,1-4H3/t18-,20+,21+,22-,23-/m0/s1. The molecule has 40 heavy (non-hydrogen) atoms. The molecule has 11 heteroatoms. The number of hydrogen-bond acceptors (Lipinski definition) is 10. The summed E-state index contributed by atoms with van der Waals surface area (Å²) in [4.78, 5) is 15.8. The Balaban J connectivity index is 1.43. The number of hydrogen-bond donors (Lipinski definition) is 1. The highest BCUT2D eigenvalue weighted by Gasteiger charge is 2.35. The van der Waals surface area contributed by atoms with E-state index < -0.39 is 11.6 Å². The Morgan fingerprint density at radius 1 is 1.18 bits per heavy atom. The van der Waals surface area contributed by atoms with Crippen molar-refractivity contribution in [2.45, 2.75) is 82.3 Å². The van der Waals surface area contributed by atoms with Gasteiger partial charge in [-0.15, -0.1) is 0 Å². The van der Waals surface area contributed by atoms with E-state index in [1.165, 1.54) is 0 Å². The lowest BCUT2D eigenvalue weighted by Gasteiger charge is -2.29. The molecular formula is C29H36FN7O3. The van der Waals surface area contributed by atoms with Crippen LogP contribution in [0.1, 0.15) is 57.9 Å². The molecule has 2 aromatic heterocycles. The van der Waals surface area contributed by atoms with Crippen LogP contribution in [-0.2, 0) is 5.41 Å². The lowest BCUT2D eigenvalue weighted by molar-refractivity contribution is 0.113. The number of nitriles is 1. The van der Waals surface area contributed by atoms with Crippen LogP contribution in [0.5, 0.6) is 11.8 Å². The summed E-state index contributed by atoms with van der Waals surface area (Å²) in [5.41, 5.74) is 0.501. The van der Waals surface area contributed by atoms with Gasteiger partial charge in [0.05, 0.1) is 24.0 Å². The molecule has 1 N–H and O–H groups in total. The quantitative estimate of drug-likeness (QED) is 0.418. The number of piperidine rings is 1. The summed E-state index contributed by atoms with van der Waals surface area (Å²) in [6.45, 7) is 7.07. The lowest BCUT2D eigenvalue weighted by Crippen LogP contribution is -2.42. The number of nitrogens with zero attached hydrogens (tertiary/aromatic N) is 6. The Morgan fingerprint density at radius 3 is 2.67 bits per heavy atom. The zero-order chi connectivity index (χ0) is 28.3. The molecule has 0 amide bonds. The van der Waals surface area contributed by atoms with Gasteiger partial charge >= 0.3 is 0 Å². The van der Waals surface area contributed by atoms with Gasteiger partial charge < -0.3 is 19.3 Å². The fourth-order valence-corrected chi connectivity index (χ4v) is 5.47. The molecule has 0 radical (unpaired) electrons. The van der Waals surface area contributed by atoms with Crippen molar-refractivity contribution < 1.29 is 18.4 Å². The first-order chi connectivity index (χ1) is 19.2. The molecule has 3 aromatic rings.